The number of benzene rings is 1. The second kappa shape index (κ2) is 6.85. The first kappa shape index (κ1) is 16.8. The van der Waals surface area contributed by atoms with Crippen molar-refractivity contribution in [3.63, 3.8) is 0 Å². The fraction of sp³-hybridized carbons (Fsp3) is 0.562. The molecule has 1 amide bonds. The van der Waals surface area contributed by atoms with Crippen LogP contribution in [0, 0.1) is 0 Å². The van der Waals surface area contributed by atoms with E-state index in [4.69, 9.17) is 28.3 Å². The number of aromatic hydroxyl groups is 1. The van der Waals surface area contributed by atoms with E-state index in [1.165, 1.54) is 0 Å². The van der Waals surface area contributed by atoms with Gasteiger partial charge in [0, 0.05) is 43.1 Å². The Balaban J connectivity index is 1.78. The van der Waals surface area contributed by atoms with E-state index in [-0.39, 0.29) is 36.3 Å². The second-order valence-electron chi connectivity index (χ2n) is 6.24. The van der Waals surface area contributed by atoms with Crippen LogP contribution in [0.3, 0.4) is 0 Å². The Hall–Kier alpha value is -1.01. The van der Waals surface area contributed by atoms with Crippen molar-refractivity contribution in [2.24, 2.45) is 0 Å². The molecule has 0 spiro atoms. The molecule has 2 heterocycles. The summed E-state index contributed by atoms with van der Waals surface area (Å²) in [6, 6.07) is 3.35. The monoisotopic (exact) mass is 358 g/mol. The summed E-state index contributed by atoms with van der Waals surface area (Å²) < 4.78 is 0. The number of carbonyl (C=O) groups is 1. The first-order chi connectivity index (χ1) is 11.0. The fourth-order valence-corrected chi connectivity index (χ4v) is 4.24. The normalized spacial score (nSPS) is 27.3. The molecule has 0 saturated carbocycles. The van der Waals surface area contributed by atoms with Crippen molar-refractivity contribution < 1.29 is 15.0 Å². The molecule has 2 aliphatic rings. The van der Waals surface area contributed by atoms with Gasteiger partial charge in [-0.05, 0) is 25.0 Å². The Morgan fingerprint density at radius 1 is 1.30 bits per heavy atom. The van der Waals surface area contributed by atoms with Gasteiger partial charge in [-0.15, -0.1) is 0 Å². The smallest absolute Gasteiger partial charge is 0.224 e. The first-order valence-electron chi connectivity index (χ1n) is 7.81. The average molecular weight is 359 g/mol. The molecule has 3 atom stereocenters. The summed E-state index contributed by atoms with van der Waals surface area (Å²) >= 11 is 12.3. The highest BCUT2D eigenvalue weighted by atomic mass is 35.5. The average Bonchev–Trinajstić information content (AvgIpc) is 2.93. The van der Waals surface area contributed by atoms with Crippen molar-refractivity contribution in [2.75, 3.05) is 19.7 Å². The van der Waals surface area contributed by atoms with Gasteiger partial charge in [-0.2, -0.15) is 0 Å². The van der Waals surface area contributed by atoms with Gasteiger partial charge < -0.3 is 20.4 Å². The van der Waals surface area contributed by atoms with Crippen molar-refractivity contribution in [1.82, 2.24) is 10.2 Å². The standard InChI is InChI=1S/C16H20Cl2N2O3/c17-12-1-2-13(22)15(16(12)18)9-5-11-6-10(19-3-4-21)7-14(23)20(11)8-9/h1-2,9-11,19,21-22H,3-8H2/t9-,10+,11-/m0/s1. The number of nitrogens with zero attached hydrogens (tertiary/aromatic N) is 1. The summed E-state index contributed by atoms with van der Waals surface area (Å²) in [5.41, 5.74) is 0.640. The van der Waals surface area contributed by atoms with Gasteiger partial charge in [0.1, 0.15) is 5.75 Å². The van der Waals surface area contributed by atoms with Crippen LogP contribution < -0.4 is 5.32 Å². The number of phenolic OH excluding ortho intramolecular Hbond substituents is 1. The van der Waals surface area contributed by atoms with E-state index in [0.29, 0.717) is 35.1 Å². The van der Waals surface area contributed by atoms with Crippen LogP contribution in [0.5, 0.6) is 5.75 Å². The quantitative estimate of drug-likeness (QED) is 0.770. The Kier molecular flexibility index (Phi) is 5.01. The molecule has 1 aromatic carbocycles. The van der Waals surface area contributed by atoms with E-state index < -0.39 is 0 Å². The minimum absolute atomic E-state index is 0.00765. The summed E-state index contributed by atoms with van der Waals surface area (Å²) in [4.78, 5) is 14.3. The van der Waals surface area contributed by atoms with Crippen LogP contribution in [-0.2, 0) is 4.79 Å². The maximum atomic E-state index is 12.4. The molecule has 7 heteroatoms. The zero-order valence-electron chi connectivity index (χ0n) is 12.6. The van der Waals surface area contributed by atoms with E-state index in [1.54, 1.807) is 12.1 Å². The van der Waals surface area contributed by atoms with Gasteiger partial charge >= 0.3 is 0 Å². The number of phenols is 1. The molecule has 5 nitrogen and oxygen atoms in total. The van der Waals surface area contributed by atoms with Crippen LogP contribution in [0.25, 0.3) is 0 Å². The summed E-state index contributed by atoms with van der Waals surface area (Å²) in [5, 5.41) is 23.1. The van der Waals surface area contributed by atoms with Crippen LogP contribution >= 0.6 is 23.2 Å². The molecule has 0 radical (unpaired) electrons. The Bertz CT molecular complexity index is 611. The highest BCUT2D eigenvalue weighted by molar-refractivity contribution is 6.42. The minimum atomic E-state index is -0.00765. The van der Waals surface area contributed by atoms with E-state index in [9.17, 15) is 9.90 Å². The number of amides is 1. The van der Waals surface area contributed by atoms with Crippen molar-refractivity contribution >= 4 is 29.1 Å². The van der Waals surface area contributed by atoms with Crippen LogP contribution in [0.2, 0.25) is 10.0 Å². The third kappa shape index (κ3) is 3.29. The minimum Gasteiger partial charge on any atom is -0.508 e. The molecular formula is C16H20Cl2N2O3. The molecule has 3 N–H and O–H groups in total. The predicted octanol–water partition coefficient (Wildman–Crippen LogP) is 2.13. The molecule has 2 saturated heterocycles. The first-order valence-corrected chi connectivity index (χ1v) is 8.57. The molecule has 0 aromatic heterocycles. The van der Waals surface area contributed by atoms with E-state index in [0.717, 1.165) is 12.8 Å². The molecule has 0 unspecified atom stereocenters. The Labute approximate surface area is 145 Å². The number of carbonyl (C=O) groups excluding carboxylic acids is 1. The van der Waals surface area contributed by atoms with Gasteiger partial charge in [0.05, 0.1) is 16.7 Å². The molecular weight excluding hydrogens is 339 g/mol. The number of hydrogen-bond donors (Lipinski definition) is 3. The number of rotatable bonds is 4. The van der Waals surface area contributed by atoms with Gasteiger partial charge in [0.2, 0.25) is 5.91 Å². The highest BCUT2D eigenvalue weighted by Gasteiger charge is 2.42. The third-order valence-corrected chi connectivity index (χ3v) is 5.59. The zero-order valence-corrected chi connectivity index (χ0v) is 14.1. The van der Waals surface area contributed by atoms with Gasteiger partial charge in [-0.3, -0.25) is 4.79 Å². The Morgan fingerprint density at radius 3 is 2.83 bits per heavy atom. The van der Waals surface area contributed by atoms with Crippen molar-refractivity contribution in [2.45, 2.75) is 37.3 Å². The van der Waals surface area contributed by atoms with Crippen molar-refractivity contribution in [1.29, 1.82) is 0 Å². The van der Waals surface area contributed by atoms with Crippen LogP contribution in [0.4, 0.5) is 0 Å². The molecule has 23 heavy (non-hydrogen) atoms. The molecule has 1 aromatic rings. The summed E-state index contributed by atoms with van der Waals surface area (Å²) in [6.45, 7) is 1.12. The number of halogens is 2. The molecule has 3 rings (SSSR count). The highest BCUT2D eigenvalue weighted by Crippen LogP contribution is 2.44. The van der Waals surface area contributed by atoms with Gasteiger partial charge in [0.25, 0.3) is 0 Å². The molecule has 2 aliphatic heterocycles. The van der Waals surface area contributed by atoms with Crippen LogP contribution in [0.1, 0.15) is 30.7 Å². The van der Waals surface area contributed by atoms with Gasteiger partial charge in [0.15, 0.2) is 0 Å². The number of aliphatic hydroxyl groups is 1. The molecule has 0 bridgehead atoms. The zero-order chi connectivity index (χ0) is 16.6. The lowest BCUT2D eigenvalue weighted by atomic mass is 9.92. The summed E-state index contributed by atoms with van der Waals surface area (Å²) in [5.74, 6) is 0.232. The third-order valence-electron chi connectivity index (χ3n) is 4.78. The van der Waals surface area contributed by atoms with Crippen LogP contribution in [-0.4, -0.2) is 52.8 Å². The number of aliphatic hydroxyl groups excluding tert-OH is 1. The van der Waals surface area contributed by atoms with E-state index >= 15 is 0 Å². The topological polar surface area (TPSA) is 72.8 Å². The SMILES string of the molecule is O=C1C[C@H](NCCO)C[C@@H]2C[C@H](c3c(O)ccc(Cl)c3Cl)CN12. The lowest BCUT2D eigenvalue weighted by molar-refractivity contribution is -0.135. The van der Waals surface area contributed by atoms with Crippen molar-refractivity contribution in [3.05, 3.63) is 27.7 Å². The number of nitrogens with one attached hydrogen (secondary N) is 1. The van der Waals surface area contributed by atoms with E-state index in [2.05, 4.69) is 5.32 Å². The maximum Gasteiger partial charge on any atom is 0.224 e. The predicted molar refractivity (Wildman–Crippen MR) is 89.1 cm³/mol. The maximum absolute atomic E-state index is 12.4. The second-order valence-corrected chi connectivity index (χ2v) is 7.03. The summed E-state index contributed by atoms with van der Waals surface area (Å²) in [6.07, 6.45) is 2.05. The molecule has 2 fully saturated rings. The van der Waals surface area contributed by atoms with E-state index in [1.807, 2.05) is 4.90 Å². The van der Waals surface area contributed by atoms with Crippen molar-refractivity contribution in [3.8, 4) is 5.75 Å². The number of fused-ring (bicyclic) bond motifs is 1. The number of piperidine rings is 1. The number of hydrogen-bond acceptors (Lipinski definition) is 4. The lowest BCUT2D eigenvalue weighted by Crippen LogP contribution is -2.49. The largest absolute Gasteiger partial charge is 0.508 e. The van der Waals surface area contributed by atoms with Gasteiger partial charge in [-0.25, -0.2) is 0 Å². The molecule has 0 aliphatic carbocycles. The molecule has 126 valence electrons. The lowest BCUT2D eigenvalue weighted by Gasteiger charge is -2.34. The summed E-state index contributed by atoms with van der Waals surface area (Å²) in [7, 11) is 0. The van der Waals surface area contributed by atoms with Crippen LogP contribution in [0.15, 0.2) is 12.1 Å². The van der Waals surface area contributed by atoms with Gasteiger partial charge in [-0.1, -0.05) is 23.2 Å². The fourth-order valence-electron chi connectivity index (χ4n) is 3.76. The Morgan fingerprint density at radius 2 is 2.09 bits per heavy atom.